The van der Waals surface area contributed by atoms with Crippen LogP contribution in [-0.2, 0) is 26.2 Å². The molecule has 1 atom stereocenters. The molecule has 2 amide bonds. The second-order valence-electron chi connectivity index (χ2n) is 8.91. The van der Waals surface area contributed by atoms with Crippen molar-refractivity contribution < 1.29 is 18.0 Å². The number of sulfonamides is 1. The summed E-state index contributed by atoms with van der Waals surface area (Å²) >= 11 is 15.7. The molecule has 0 saturated heterocycles. The summed E-state index contributed by atoms with van der Waals surface area (Å²) in [6, 6.07) is 11.0. The number of carbonyl (C=O) groups excluding carboxylic acids is 2. The first-order chi connectivity index (χ1) is 15.6. The molecule has 0 spiro atoms. The number of halogens is 3. The van der Waals surface area contributed by atoms with Gasteiger partial charge in [0, 0.05) is 16.6 Å². The average Bonchev–Trinajstić information content (AvgIpc) is 2.70. The van der Waals surface area contributed by atoms with Crippen LogP contribution in [0.3, 0.4) is 0 Å². The molecule has 0 radical (unpaired) electrons. The van der Waals surface area contributed by atoms with Gasteiger partial charge in [-0.25, -0.2) is 8.42 Å². The van der Waals surface area contributed by atoms with Crippen LogP contribution in [0.1, 0.15) is 33.3 Å². The van der Waals surface area contributed by atoms with Crippen LogP contribution in [0.2, 0.25) is 10.0 Å². The molecule has 0 bridgehead atoms. The summed E-state index contributed by atoms with van der Waals surface area (Å²) in [7, 11) is -3.91. The van der Waals surface area contributed by atoms with Gasteiger partial charge in [0.15, 0.2) is 0 Å². The maximum absolute atomic E-state index is 13.5. The Bertz CT molecular complexity index is 1170. The molecule has 7 nitrogen and oxygen atoms in total. The van der Waals surface area contributed by atoms with E-state index in [0.29, 0.717) is 0 Å². The van der Waals surface area contributed by atoms with Gasteiger partial charge in [-0.2, -0.15) is 0 Å². The number of nitrogens with one attached hydrogen (secondary N) is 1. The van der Waals surface area contributed by atoms with Crippen molar-refractivity contribution >= 4 is 66.7 Å². The van der Waals surface area contributed by atoms with E-state index in [-0.39, 0.29) is 28.2 Å². The Morgan fingerprint density at radius 1 is 1.12 bits per heavy atom. The largest absolute Gasteiger partial charge is 0.350 e. The summed E-state index contributed by atoms with van der Waals surface area (Å²) in [4.78, 5) is 27.8. The highest BCUT2D eigenvalue weighted by molar-refractivity contribution is 9.10. The minimum Gasteiger partial charge on any atom is -0.350 e. The number of hydrogen-bond acceptors (Lipinski definition) is 4. The molecule has 1 N–H and O–H groups in total. The third-order valence-corrected chi connectivity index (χ3v) is 7.22. The monoisotopic (exact) mass is 591 g/mol. The Morgan fingerprint density at radius 2 is 1.74 bits per heavy atom. The van der Waals surface area contributed by atoms with Gasteiger partial charge in [-0.05, 0) is 57.5 Å². The normalized spacial score (nSPS) is 12.7. The summed E-state index contributed by atoms with van der Waals surface area (Å²) in [5.74, 6) is -0.930. The van der Waals surface area contributed by atoms with Crippen molar-refractivity contribution in [3.63, 3.8) is 0 Å². The van der Waals surface area contributed by atoms with E-state index in [4.69, 9.17) is 23.2 Å². The Hall–Kier alpha value is -1.81. The number of hydrogen-bond donors (Lipinski definition) is 1. The van der Waals surface area contributed by atoms with E-state index in [9.17, 15) is 18.0 Å². The van der Waals surface area contributed by atoms with E-state index < -0.39 is 34.1 Å². The lowest BCUT2D eigenvalue weighted by molar-refractivity contribution is -0.140. The van der Waals surface area contributed by atoms with Crippen LogP contribution in [0, 0.1) is 0 Å². The minimum atomic E-state index is -3.91. The quantitative estimate of drug-likeness (QED) is 0.474. The Labute approximate surface area is 219 Å². The first-order valence-electron chi connectivity index (χ1n) is 10.4. The maximum Gasteiger partial charge on any atom is 0.244 e. The van der Waals surface area contributed by atoms with E-state index in [1.54, 1.807) is 13.0 Å². The maximum atomic E-state index is 13.5. The molecule has 2 aromatic carbocycles. The summed E-state index contributed by atoms with van der Waals surface area (Å²) in [5.41, 5.74) is 0.340. The van der Waals surface area contributed by atoms with Gasteiger partial charge in [0.05, 0.1) is 22.0 Å². The average molecular weight is 593 g/mol. The number of rotatable bonds is 8. The van der Waals surface area contributed by atoms with E-state index in [0.717, 1.165) is 20.6 Å². The first-order valence-corrected chi connectivity index (χ1v) is 13.8. The molecule has 1 unspecified atom stereocenters. The molecule has 11 heteroatoms. The topological polar surface area (TPSA) is 86.8 Å². The van der Waals surface area contributed by atoms with Crippen LogP contribution in [-0.4, -0.2) is 49.5 Å². The lowest BCUT2D eigenvalue weighted by atomic mass is 10.1. The molecule has 2 aromatic rings. The zero-order valence-electron chi connectivity index (χ0n) is 19.6. The second-order valence-corrected chi connectivity index (χ2v) is 12.5. The number of amides is 2. The third kappa shape index (κ3) is 7.86. The second kappa shape index (κ2) is 11.3. The standard InChI is InChI=1S/C23H28BrCl2N3O4S/c1-15(22(31)27-23(2,3)4)28(13-16-8-6-9-17(24)12-16)20(30)14-29(34(5,32)33)19-11-7-10-18(25)21(19)26/h6-12,15H,13-14H2,1-5H3,(H,27,31). The number of anilines is 1. The molecule has 0 heterocycles. The highest BCUT2D eigenvalue weighted by Crippen LogP contribution is 2.33. The SMILES string of the molecule is CC(C(=O)NC(C)(C)C)N(Cc1cccc(Br)c1)C(=O)CN(c1cccc(Cl)c1Cl)S(C)(=O)=O. The molecule has 34 heavy (non-hydrogen) atoms. The first kappa shape index (κ1) is 28.4. The van der Waals surface area contributed by atoms with Gasteiger partial charge >= 0.3 is 0 Å². The molecular formula is C23H28BrCl2N3O4S. The van der Waals surface area contributed by atoms with Gasteiger partial charge in [-0.1, -0.05) is 57.3 Å². The highest BCUT2D eigenvalue weighted by atomic mass is 79.9. The smallest absolute Gasteiger partial charge is 0.244 e. The molecule has 2 rings (SSSR count). The van der Waals surface area contributed by atoms with Crippen LogP contribution in [0.15, 0.2) is 46.9 Å². The van der Waals surface area contributed by atoms with E-state index in [1.165, 1.54) is 17.0 Å². The van der Waals surface area contributed by atoms with Crippen molar-refractivity contribution in [2.24, 2.45) is 0 Å². The van der Waals surface area contributed by atoms with Crippen LogP contribution >= 0.6 is 39.1 Å². The van der Waals surface area contributed by atoms with Gasteiger partial charge in [0.2, 0.25) is 21.8 Å². The third-order valence-electron chi connectivity index (χ3n) is 4.79. The predicted octanol–water partition coefficient (Wildman–Crippen LogP) is 4.85. The number of nitrogens with zero attached hydrogens (tertiary/aromatic N) is 2. The van der Waals surface area contributed by atoms with Crippen molar-refractivity contribution in [3.05, 3.63) is 62.5 Å². The van der Waals surface area contributed by atoms with Gasteiger partial charge in [-0.15, -0.1) is 0 Å². The van der Waals surface area contributed by atoms with Gasteiger partial charge in [0.25, 0.3) is 0 Å². The van der Waals surface area contributed by atoms with Crippen molar-refractivity contribution in [2.75, 3.05) is 17.1 Å². The van der Waals surface area contributed by atoms with E-state index >= 15 is 0 Å². The van der Waals surface area contributed by atoms with E-state index in [1.807, 2.05) is 45.0 Å². The molecule has 0 aromatic heterocycles. The number of carbonyl (C=O) groups is 2. The van der Waals surface area contributed by atoms with Crippen LogP contribution < -0.4 is 9.62 Å². The van der Waals surface area contributed by atoms with Crippen molar-refractivity contribution in [1.82, 2.24) is 10.2 Å². The zero-order valence-corrected chi connectivity index (χ0v) is 23.5. The Kier molecular flexibility index (Phi) is 9.44. The molecule has 0 aliphatic heterocycles. The molecule has 0 saturated carbocycles. The molecule has 0 aliphatic carbocycles. The summed E-state index contributed by atoms with van der Waals surface area (Å²) in [5, 5.41) is 3.04. The lowest BCUT2D eigenvalue weighted by Crippen LogP contribution is -2.54. The van der Waals surface area contributed by atoms with Gasteiger partial charge in [-0.3, -0.25) is 13.9 Å². The van der Waals surface area contributed by atoms with Crippen molar-refractivity contribution in [1.29, 1.82) is 0 Å². The van der Waals surface area contributed by atoms with Crippen LogP contribution in [0.5, 0.6) is 0 Å². The summed E-state index contributed by atoms with van der Waals surface area (Å²) in [6.45, 7) is 6.66. The predicted molar refractivity (Wildman–Crippen MR) is 141 cm³/mol. The van der Waals surface area contributed by atoms with Crippen molar-refractivity contribution in [3.8, 4) is 0 Å². The highest BCUT2D eigenvalue weighted by Gasteiger charge is 2.32. The fraction of sp³-hybridized carbons (Fsp3) is 0.391. The van der Waals surface area contributed by atoms with Crippen LogP contribution in [0.4, 0.5) is 5.69 Å². The molecule has 0 fully saturated rings. The lowest BCUT2D eigenvalue weighted by Gasteiger charge is -2.33. The Morgan fingerprint density at radius 3 is 2.29 bits per heavy atom. The molecular weight excluding hydrogens is 565 g/mol. The summed E-state index contributed by atoms with van der Waals surface area (Å²) < 4.78 is 26.9. The molecule has 0 aliphatic rings. The Balaban J connectivity index is 2.45. The zero-order chi connectivity index (χ0) is 25.8. The van der Waals surface area contributed by atoms with Crippen LogP contribution in [0.25, 0.3) is 0 Å². The number of benzene rings is 2. The van der Waals surface area contributed by atoms with Crippen molar-refractivity contribution in [2.45, 2.75) is 45.8 Å². The molecule has 186 valence electrons. The van der Waals surface area contributed by atoms with E-state index in [2.05, 4.69) is 21.2 Å². The fourth-order valence-corrected chi connectivity index (χ4v) is 4.92. The summed E-state index contributed by atoms with van der Waals surface area (Å²) in [6.07, 6.45) is 0.978. The van der Waals surface area contributed by atoms with Gasteiger partial charge < -0.3 is 10.2 Å². The fourth-order valence-electron chi connectivity index (χ4n) is 3.17. The minimum absolute atomic E-state index is 0.0134. The van der Waals surface area contributed by atoms with Gasteiger partial charge in [0.1, 0.15) is 12.6 Å².